The van der Waals surface area contributed by atoms with E-state index in [1.165, 1.54) is 0 Å². The number of phenols is 1. The third-order valence-corrected chi connectivity index (χ3v) is 3.79. The summed E-state index contributed by atoms with van der Waals surface area (Å²) in [4.78, 5) is 6.61. The molecule has 6 heteroatoms. The molecule has 0 saturated carbocycles. The molecule has 20 heavy (non-hydrogen) atoms. The fourth-order valence-corrected chi connectivity index (χ4v) is 2.70. The number of benzene rings is 1. The molecule has 2 aliphatic rings. The molecule has 0 aliphatic carbocycles. The molecule has 0 bridgehead atoms. The SMILES string of the molecule is Oc1cc2c(cc1CN1CCn3ccnc3C1)OCO2. The topological polar surface area (TPSA) is 59.8 Å². The third-order valence-electron chi connectivity index (χ3n) is 3.79. The lowest BCUT2D eigenvalue weighted by molar-refractivity contribution is 0.173. The Labute approximate surface area is 116 Å². The van der Waals surface area contributed by atoms with Crippen molar-refractivity contribution in [2.75, 3.05) is 13.3 Å². The van der Waals surface area contributed by atoms with Crippen molar-refractivity contribution in [2.45, 2.75) is 19.6 Å². The normalized spacial score (nSPS) is 17.2. The molecule has 1 N–H and O–H groups in total. The molecule has 0 atom stereocenters. The Morgan fingerprint density at radius 1 is 1.20 bits per heavy atom. The van der Waals surface area contributed by atoms with Crippen LogP contribution in [-0.2, 0) is 19.6 Å². The van der Waals surface area contributed by atoms with Crippen molar-refractivity contribution in [2.24, 2.45) is 0 Å². The zero-order chi connectivity index (χ0) is 13.5. The molecule has 104 valence electrons. The molecular weight excluding hydrogens is 258 g/mol. The molecule has 0 radical (unpaired) electrons. The standard InChI is InChI=1S/C14H15N3O3/c18-11-6-13-12(19-9-20-13)5-10(11)7-16-3-4-17-2-1-15-14(17)8-16/h1-2,5-6,18H,3-4,7-9H2. The fourth-order valence-electron chi connectivity index (χ4n) is 2.70. The van der Waals surface area contributed by atoms with E-state index in [1.807, 2.05) is 18.5 Å². The molecule has 0 fully saturated rings. The molecular formula is C14H15N3O3. The molecule has 1 aromatic carbocycles. The summed E-state index contributed by atoms with van der Waals surface area (Å²) >= 11 is 0. The number of rotatable bonds is 2. The fraction of sp³-hybridized carbons (Fsp3) is 0.357. The van der Waals surface area contributed by atoms with Crippen LogP contribution in [0.4, 0.5) is 0 Å². The second kappa shape index (κ2) is 4.42. The van der Waals surface area contributed by atoms with Gasteiger partial charge in [0.25, 0.3) is 0 Å². The summed E-state index contributed by atoms with van der Waals surface area (Å²) in [6, 6.07) is 3.49. The maximum atomic E-state index is 10.1. The lowest BCUT2D eigenvalue weighted by Crippen LogP contribution is -2.33. The van der Waals surface area contributed by atoms with Gasteiger partial charge in [-0.2, -0.15) is 0 Å². The monoisotopic (exact) mass is 273 g/mol. The van der Waals surface area contributed by atoms with E-state index < -0.39 is 0 Å². The first-order valence-electron chi connectivity index (χ1n) is 6.63. The molecule has 2 aliphatic heterocycles. The molecule has 4 rings (SSSR count). The van der Waals surface area contributed by atoms with Gasteiger partial charge >= 0.3 is 0 Å². The van der Waals surface area contributed by atoms with E-state index in [1.54, 1.807) is 6.07 Å². The van der Waals surface area contributed by atoms with Crippen molar-refractivity contribution in [3.63, 3.8) is 0 Å². The van der Waals surface area contributed by atoms with Crippen LogP contribution in [0, 0.1) is 0 Å². The van der Waals surface area contributed by atoms with E-state index in [9.17, 15) is 5.11 Å². The van der Waals surface area contributed by atoms with Crippen molar-refractivity contribution in [1.82, 2.24) is 14.5 Å². The Hall–Kier alpha value is -2.21. The predicted octanol–water partition coefficient (Wildman–Crippen LogP) is 1.33. The minimum atomic E-state index is 0.222. The Morgan fingerprint density at radius 2 is 2.05 bits per heavy atom. The van der Waals surface area contributed by atoms with Gasteiger partial charge in [-0.15, -0.1) is 0 Å². The van der Waals surface area contributed by atoms with E-state index in [0.717, 1.165) is 31.0 Å². The quantitative estimate of drug-likeness (QED) is 0.894. The number of hydrogen-bond acceptors (Lipinski definition) is 5. The lowest BCUT2D eigenvalue weighted by atomic mass is 10.1. The average Bonchev–Trinajstić information content (AvgIpc) is 3.06. The van der Waals surface area contributed by atoms with Gasteiger partial charge in [0, 0.05) is 43.7 Å². The molecule has 3 heterocycles. The summed E-state index contributed by atoms with van der Waals surface area (Å²) < 4.78 is 12.8. The minimum absolute atomic E-state index is 0.222. The number of imidazole rings is 1. The largest absolute Gasteiger partial charge is 0.507 e. The van der Waals surface area contributed by atoms with Crippen molar-refractivity contribution in [3.8, 4) is 17.2 Å². The first-order valence-corrected chi connectivity index (χ1v) is 6.63. The van der Waals surface area contributed by atoms with E-state index >= 15 is 0 Å². The van der Waals surface area contributed by atoms with Crippen LogP contribution in [0.1, 0.15) is 11.4 Å². The van der Waals surface area contributed by atoms with Crippen molar-refractivity contribution in [3.05, 3.63) is 35.9 Å². The number of fused-ring (bicyclic) bond motifs is 2. The van der Waals surface area contributed by atoms with Gasteiger partial charge in [0.05, 0.1) is 6.54 Å². The number of ether oxygens (including phenoxy) is 2. The number of aromatic hydroxyl groups is 1. The average molecular weight is 273 g/mol. The third kappa shape index (κ3) is 1.89. The maximum absolute atomic E-state index is 10.1. The highest BCUT2D eigenvalue weighted by Gasteiger charge is 2.21. The molecule has 0 unspecified atom stereocenters. The first kappa shape index (κ1) is 11.6. The van der Waals surface area contributed by atoms with Crippen LogP contribution in [0.15, 0.2) is 24.5 Å². The van der Waals surface area contributed by atoms with Gasteiger partial charge in [0.15, 0.2) is 11.5 Å². The van der Waals surface area contributed by atoms with Gasteiger partial charge < -0.3 is 19.1 Å². The Bertz CT molecular complexity index is 653. The highest BCUT2D eigenvalue weighted by atomic mass is 16.7. The van der Waals surface area contributed by atoms with E-state index in [4.69, 9.17) is 9.47 Å². The van der Waals surface area contributed by atoms with Crippen molar-refractivity contribution in [1.29, 1.82) is 0 Å². The molecule has 0 saturated heterocycles. The predicted molar refractivity (Wildman–Crippen MR) is 70.6 cm³/mol. The molecule has 0 spiro atoms. The summed E-state index contributed by atoms with van der Waals surface area (Å²) in [6.45, 7) is 3.56. The first-order chi connectivity index (χ1) is 9.79. The van der Waals surface area contributed by atoms with E-state index in [0.29, 0.717) is 18.0 Å². The Morgan fingerprint density at radius 3 is 2.95 bits per heavy atom. The Kier molecular flexibility index (Phi) is 2.56. The zero-order valence-corrected chi connectivity index (χ0v) is 11.0. The number of aromatic nitrogens is 2. The summed E-state index contributed by atoms with van der Waals surface area (Å²) in [6.07, 6.45) is 3.83. The van der Waals surface area contributed by atoms with Crippen LogP contribution < -0.4 is 9.47 Å². The second-order valence-corrected chi connectivity index (χ2v) is 5.08. The highest BCUT2D eigenvalue weighted by Crippen LogP contribution is 2.38. The lowest BCUT2D eigenvalue weighted by Gasteiger charge is -2.27. The van der Waals surface area contributed by atoms with Gasteiger partial charge in [-0.3, -0.25) is 4.90 Å². The zero-order valence-electron chi connectivity index (χ0n) is 11.0. The molecule has 2 aromatic rings. The highest BCUT2D eigenvalue weighted by molar-refractivity contribution is 5.51. The van der Waals surface area contributed by atoms with Crippen molar-refractivity contribution >= 4 is 0 Å². The van der Waals surface area contributed by atoms with Gasteiger partial charge in [0.2, 0.25) is 6.79 Å². The van der Waals surface area contributed by atoms with Gasteiger partial charge in [-0.25, -0.2) is 4.98 Å². The van der Waals surface area contributed by atoms with Gasteiger partial charge in [0.1, 0.15) is 11.6 Å². The van der Waals surface area contributed by atoms with Crippen LogP contribution in [0.5, 0.6) is 17.2 Å². The summed E-state index contributed by atoms with van der Waals surface area (Å²) in [5.74, 6) is 2.64. The van der Waals surface area contributed by atoms with Crippen LogP contribution >= 0.6 is 0 Å². The Balaban J connectivity index is 1.55. The molecule has 1 aromatic heterocycles. The molecule has 0 amide bonds. The second-order valence-electron chi connectivity index (χ2n) is 5.08. The summed E-state index contributed by atoms with van der Waals surface area (Å²) in [5, 5.41) is 10.1. The van der Waals surface area contributed by atoms with E-state index in [2.05, 4.69) is 14.5 Å². The summed E-state index contributed by atoms with van der Waals surface area (Å²) in [7, 11) is 0. The minimum Gasteiger partial charge on any atom is -0.507 e. The number of hydrogen-bond donors (Lipinski definition) is 1. The molecule has 6 nitrogen and oxygen atoms in total. The van der Waals surface area contributed by atoms with Gasteiger partial charge in [-0.05, 0) is 6.07 Å². The summed E-state index contributed by atoms with van der Waals surface area (Å²) in [5.41, 5.74) is 0.856. The van der Waals surface area contributed by atoms with Crippen molar-refractivity contribution < 1.29 is 14.6 Å². The smallest absolute Gasteiger partial charge is 0.231 e. The van der Waals surface area contributed by atoms with Crippen LogP contribution in [-0.4, -0.2) is 32.9 Å². The van der Waals surface area contributed by atoms with Crippen LogP contribution in [0.3, 0.4) is 0 Å². The maximum Gasteiger partial charge on any atom is 0.231 e. The van der Waals surface area contributed by atoms with E-state index in [-0.39, 0.29) is 12.5 Å². The van der Waals surface area contributed by atoms with Crippen LogP contribution in [0.25, 0.3) is 0 Å². The number of phenolic OH excluding ortho intramolecular Hbond substituents is 1. The number of nitrogens with zero attached hydrogens (tertiary/aromatic N) is 3. The van der Waals surface area contributed by atoms with Gasteiger partial charge in [-0.1, -0.05) is 0 Å². The van der Waals surface area contributed by atoms with Crippen LogP contribution in [0.2, 0.25) is 0 Å².